The lowest BCUT2D eigenvalue weighted by molar-refractivity contribution is -0.318. The highest BCUT2D eigenvalue weighted by Crippen LogP contribution is 2.41. The number of ether oxygens (including phenoxy) is 6. The number of carbonyl (C=O) groups is 2. The van der Waals surface area contributed by atoms with Gasteiger partial charge in [-0.3, -0.25) is 9.59 Å². The number of anilines is 1. The van der Waals surface area contributed by atoms with E-state index in [9.17, 15) is 43.5 Å². The van der Waals surface area contributed by atoms with Crippen LogP contribution in [0, 0.1) is 23.7 Å². The summed E-state index contributed by atoms with van der Waals surface area (Å²) in [4.78, 5) is 29.8. The number of nitrogens with two attached hydrogens (primary N) is 2. The minimum absolute atomic E-state index is 0.0756. The van der Waals surface area contributed by atoms with Crippen molar-refractivity contribution in [3.05, 3.63) is 24.3 Å². The highest BCUT2D eigenvalue weighted by atomic mass is 32.2. The summed E-state index contributed by atoms with van der Waals surface area (Å²) >= 11 is 0. The molecule has 3 saturated heterocycles. The van der Waals surface area contributed by atoms with Crippen molar-refractivity contribution in [1.29, 1.82) is 0 Å². The van der Waals surface area contributed by atoms with Gasteiger partial charge in [-0.25, -0.2) is 13.6 Å². The molecule has 9 N–H and O–H groups in total. The lowest BCUT2D eigenvalue weighted by Crippen LogP contribution is -2.61. The monoisotopic (exact) mass is 905 g/mol. The van der Waals surface area contributed by atoms with Crippen LogP contribution < -0.4 is 10.9 Å². The van der Waals surface area contributed by atoms with Gasteiger partial charge in [0.25, 0.3) is 0 Å². The second-order valence-electron chi connectivity index (χ2n) is 18.6. The van der Waals surface area contributed by atoms with Gasteiger partial charge in [0.15, 0.2) is 12.6 Å². The Hall–Kier alpha value is -2.37. The lowest BCUT2D eigenvalue weighted by Gasteiger charge is -2.49. The van der Waals surface area contributed by atoms with Gasteiger partial charge in [0.2, 0.25) is 10.0 Å². The second kappa shape index (κ2) is 21.3. The summed E-state index contributed by atoms with van der Waals surface area (Å²) in [5.74, 6) is -4.98. The van der Waals surface area contributed by atoms with E-state index in [4.69, 9.17) is 39.3 Å². The number of esters is 1. The van der Waals surface area contributed by atoms with E-state index in [-0.39, 0.29) is 36.3 Å². The van der Waals surface area contributed by atoms with Crippen molar-refractivity contribution in [2.75, 3.05) is 26.9 Å². The number of primary sulfonamides is 1. The first kappa shape index (κ1) is 54.0. The third kappa shape index (κ3) is 12.7. The largest absolute Gasteiger partial charge is 0.459 e. The normalized spacial score (nSPS) is 42.9. The van der Waals surface area contributed by atoms with Crippen molar-refractivity contribution >= 4 is 27.5 Å². The lowest BCUT2D eigenvalue weighted by atomic mass is 9.74. The Morgan fingerprint density at radius 1 is 0.887 bits per heavy atom. The molecule has 0 saturated carbocycles. The maximum atomic E-state index is 14.1. The quantitative estimate of drug-likeness (QED) is 0.144. The van der Waals surface area contributed by atoms with Crippen LogP contribution in [0.2, 0.25) is 0 Å². The zero-order valence-electron chi connectivity index (χ0n) is 38.6. The molecule has 0 amide bonds. The maximum Gasteiger partial charge on any atom is 0.311 e. The number of hydrogen-bond donors (Lipinski definition) is 7. The van der Waals surface area contributed by atoms with Crippen LogP contribution >= 0.6 is 0 Å². The molecule has 0 spiro atoms. The van der Waals surface area contributed by atoms with Crippen molar-refractivity contribution in [3.8, 4) is 0 Å². The molecular weight excluding hydrogens is 831 g/mol. The number of methoxy groups -OCH3 is 1. The number of hydrogen-bond acceptors (Lipinski definition) is 17. The Kier molecular flexibility index (Phi) is 18.5. The first-order valence-electron chi connectivity index (χ1n) is 21.4. The average molecular weight is 906 g/mol. The Morgan fingerprint density at radius 3 is 1.98 bits per heavy atom. The van der Waals surface area contributed by atoms with Crippen LogP contribution in [-0.2, 0) is 48.0 Å². The molecule has 18 nitrogen and oxygen atoms in total. The smallest absolute Gasteiger partial charge is 0.311 e. The molecule has 19 heteroatoms. The second-order valence-corrected chi connectivity index (χ2v) is 20.1. The molecule has 3 fully saturated rings. The minimum Gasteiger partial charge on any atom is -0.459 e. The summed E-state index contributed by atoms with van der Waals surface area (Å²) in [6.45, 7) is 16.3. The van der Waals surface area contributed by atoms with E-state index in [0.717, 1.165) is 0 Å². The maximum absolute atomic E-state index is 14.1. The van der Waals surface area contributed by atoms with Gasteiger partial charge < -0.3 is 64.6 Å². The predicted molar refractivity (Wildman–Crippen MR) is 228 cm³/mol. The molecule has 18 atom stereocenters. The first-order chi connectivity index (χ1) is 28.4. The van der Waals surface area contributed by atoms with E-state index < -0.39 is 118 Å². The van der Waals surface area contributed by atoms with Crippen molar-refractivity contribution in [2.45, 2.75) is 184 Å². The number of cyclic esters (lactones) is 1. The van der Waals surface area contributed by atoms with Crippen molar-refractivity contribution < 1.29 is 72.0 Å². The molecular formula is C43H75N3O15S. The molecule has 358 valence electrons. The Morgan fingerprint density at radius 2 is 1.47 bits per heavy atom. The van der Waals surface area contributed by atoms with Gasteiger partial charge in [0.05, 0.1) is 52.5 Å². The van der Waals surface area contributed by atoms with E-state index in [1.807, 2.05) is 25.9 Å². The predicted octanol–water partition coefficient (Wildman–Crippen LogP) is 1.70. The summed E-state index contributed by atoms with van der Waals surface area (Å²) in [5.41, 5.74) is 1.01. The van der Waals surface area contributed by atoms with Gasteiger partial charge in [-0.15, -0.1) is 0 Å². The zero-order valence-corrected chi connectivity index (χ0v) is 39.4. The van der Waals surface area contributed by atoms with Gasteiger partial charge in [-0.1, -0.05) is 27.7 Å². The first-order valence-corrected chi connectivity index (χ1v) is 22.9. The molecule has 0 radical (unpaired) electrons. The van der Waals surface area contributed by atoms with Crippen LogP contribution in [0.5, 0.6) is 0 Å². The van der Waals surface area contributed by atoms with Gasteiger partial charge in [-0.2, -0.15) is 0 Å². The van der Waals surface area contributed by atoms with E-state index in [1.54, 1.807) is 41.5 Å². The number of nitrogen functional groups attached to an aromatic ring is 1. The number of benzene rings is 1. The summed E-state index contributed by atoms with van der Waals surface area (Å²) in [7, 11) is 1.60. The van der Waals surface area contributed by atoms with Crippen molar-refractivity contribution in [3.63, 3.8) is 0 Å². The van der Waals surface area contributed by atoms with Crippen LogP contribution in [0.1, 0.15) is 94.9 Å². The summed E-state index contributed by atoms with van der Waals surface area (Å²) in [6, 6.07) is 5.38. The SMILES string of the molecule is CC[C@H]1OC(=O)[C@H](C)[C@@H](O[C@H]2C[C@@](C)(OC)[C@@H](O)[C@H](C)O2)[C@H](C)[C@@H](O[C@@H]2O[C@H](C)C[C@H](N(C)C)[C@H]2O)[C@](C)(O)C[C@@H](C)C(=O)[C@H](C)[C@@H](O)[C@]1(C)O.Nc1ccc(S(N)(=O)=O)cc1. The molecule has 1 aromatic rings. The number of nitrogens with zero attached hydrogens (tertiary/aromatic N) is 1. The Balaban J connectivity index is 0.000000805. The van der Waals surface area contributed by atoms with Crippen molar-refractivity contribution in [1.82, 2.24) is 4.90 Å². The number of sulfonamides is 1. The van der Waals surface area contributed by atoms with E-state index in [2.05, 4.69) is 0 Å². The standard InChI is InChI=1S/C37H67NO13.C6H8N2O2S/c1-14-25-37(10,45)30(41)20(4)27(39)18(2)16-35(8,44)32(51-34-28(40)24(38(11)12)15-19(3)47-34)21(5)29(22(6)33(43)49-25)50-26-17-36(9,46-13)31(42)23(7)48-26;7-5-1-3-6(4-2-5)11(8,9)10/h18-26,28-32,34,40-42,44-45H,14-17H2,1-13H3;1-4H,7H2,(H2,8,9,10)/t18-,19-,20+,21+,22-,23+,24+,25-,26+,28-,29+,30-,31+,32-,34+,35-,36-,37-;/m1./s1. The summed E-state index contributed by atoms with van der Waals surface area (Å²) in [5, 5.41) is 62.4. The fourth-order valence-electron chi connectivity index (χ4n) is 9.07. The molecule has 0 aromatic heterocycles. The summed E-state index contributed by atoms with van der Waals surface area (Å²) in [6.07, 6.45) is -9.71. The Labute approximate surface area is 367 Å². The molecule has 4 rings (SSSR count). The fraction of sp³-hybridized carbons (Fsp3) is 0.814. The van der Waals surface area contributed by atoms with E-state index in [0.29, 0.717) is 12.1 Å². The molecule has 62 heavy (non-hydrogen) atoms. The molecule has 1 aromatic carbocycles. The van der Waals surface area contributed by atoms with Gasteiger partial charge in [-0.05, 0) is 99.2 Å². The van der Waals surface area contributed by atoms with Crippen LogP contribution in [0.15, 0.2) is 29.2 Å². The number of carbonyl (C=O) groups excluding carboxylic acids is 2. The number of rotatable bonds is 8. The van der Waals surface area contributed by atoms with E-state index in [1.165, 1.54) is 52.1 Å². The number of Topliss-reactive ketones (excluding diaryl/α,β-unsaturated/α-hetero) is 1. The molecule has 0 aliphatic carbocycles. The highest BCUT2D eigenvalue weighted by Gasteiger charge is 2.53. The fourth-order valence-corrected chi connectivity index (χ4v) is 9.58. The van der Waals surface area contributed by atoms with Crippen LogP contribution in [0.25, 0.3) is 0 Å². The average Bonchev–Trinajstić information content (AvgIpc) is 3.18. The zero-order chi connectivity index (χ0) is 47.4. The number of likely N-dealkylation sites (N-methyl/N-ethyl adjacent to an activating group) is 1. The molecule has 3 heterocycles. The van der Waals surface area contributed by atoms with Gasteiger partial charge in [0.1, 0.15) is 29.7 Å². The topological polar surface area (TPSA) is 280 Å². The van der Waals surface area contributed by atoms with Crippen LogP contribution in [0.3, 0.4) is 0 Å². The highest BCUT2D eigenvalue weighted by molar-refractivity contribution is 7.89. The molecule has 0 unspecified atom stereocenters. The molecule has 3 aliphatic heterocycles. The summed E-state index contributed by atoms with van der Waals surface area (Å²) < 4.78 is 58.4. The van der Waals surface area contributed by atoms with E-state index >= 15 is 0 Å². The van der Waals surface area contributed by atoms with Gasteiger partial charge in [0, 0.05) is 43.0 Å². The number of ketones is 1. The molecule has 3 aliphatic rings. The molecule has 0 bridgehead atoms. The van der Waals surface area contributed by atoms with Crippen LogP contribution in [0.4, 0.5) is 5.69 Å². The van der Waals surface area contributed by atoms with Crippen molar-refractivity contribution in [2.24, 2.45) is 28.8 Å². The number of aliphatic hydroxyl groups is 5. The van der Waals surface area contributed by atoms with Crippen LogP contribution in [-0.4, -0.2) is 156 Å². The number of aliphatic hydroxyl groups excluding tert-OH is 3. The minimum atomic E-state index is -3.58. The third-order valence-corrected chi connectivity index (χ3v) is 14.0. The third-order valence-electron chi connectivity index (χ3n) is 13.0. The Bertz CT molecular complexity index is 1730. The van der Waals surface area contributed by atoms with Gasteiger partial charge >= 0.3 is 5.97 Å².